The third-order valence-electron chi connectivity index (χ3n) is 16.5. The summed E-state index contributed by atoms with van der Waals surface area (Å²) < 4.78 is 71.5. The molecule has 10 atom stereocenters. The first-order chi connectivity index (χ1) is 43.5. The average molecular weight is 1250 g/mol. The number of anilines is 3. The van der Waals surface area contributed by atoms with E-state index in [9.17, 15) is 58.7 Å². The molecule has 1 saturated heterocycles. The highest BCUT2D eigenvalue weighted by Crippen LogP contribution is 2.55. The Balaban J connectivity index is 1.05. The first-order valence-electron chi connectivity index (χ1n) is 30.1. The summed E-state index contributed by atoms with van der Waals surface area (Å²) in [7, 11) is 1.39. The number of rotatable bonds is 13. The molecular formula is C66H75F2N7O15. The zero-order valence-electron chi connectivity index (χ0n) is 53.0. The summed E-state index contributed by atoms with van der Waals surface area (Å²) in [5, 5.41) is 70.2. The number of amides is 4. The number of hydrogen-bond acceptors (Lipinski definition) is 18. The second-order valence-corrected chi connectivity index (χ2v) is 22.6. The third-order valence-corrected chi connectivity index (χ3v) is 16.5. The number of phenols is 3. The van der Waals surface area contributed by atoms with Crippen LogP contribution in [-0.4, -0.2) is 148 Å². The van der Waals surface area contributed by atoms with Gasteiger partial charge in [-0.15, -0.1) is 0 Å². The van der Waals surface area contributed by atoms with Crippen LogP contribution in [0.3, 0.4) is 0 Å². The molecule has 90 heavy (non-hydrogen) atoms. The highest BCUT2D eigenvalue weighted by atomic mass is 19.1. The van der Waals surface area contributed by atoms with Crippen molar-refractivity contribution in [3.05, 3.63) is 148 Å². The Morgan fingerprint density at radius 2 is 1.58 bits per heavy atom. The maximum Gasteiger partial charge on any atom is 0.312 e. The number of nitrogens with zero attached hydrogens (tertiary/aromatic N) is 3. The van der Waals surface area contributed by atoms with Gasteiger partial charge in [0.15, 0.2) is 5.75 Å². The molecule has 0 spiro atoms. The van der Waals surface area contributed by atoms with Gasteiger partial charge in [-0.3, -0.25) is 28.8 Å². The van der Waals surface area contributed by atoms with Gasteiger partial charge in [-0.05, 0) is 55.8 Å². The molecule has 5 aromatic carbocycles. The van der Waals surface area contributed by atoms with Gasteiger partial charge >= 0.3 is 11.8 Å². The number of benzene rings is 5. The van der Waals surface area contributed by atoms with E-state index in [4.69, 9.17) is 21.7 Å². The number of halogens is 2. The van der Waals surface area contributed by atoms with Crippen molar-refractivity contribution in [3.8, 4) is 23.0 Å². The summed E-state index contributed by atoms with van der Waals surface area (Å²) in [5.41, 5.74) is 1.14. The normalized spacial score (nSPS) is 25.4. The molecule has 0 saturated carbocycles. The Labute approximate surface area is 521 Å². The van der Waals surface area contributed by atoms with E-state index >= 15 is 4.39 Å². The fourth-order valence-corrected chi connectivity index (χ4v) is 11.2. The predicted molar refractivity (Wildman–Crippen MR) is 331 cm³/mol. The van der Waals surface area contributed by atoms with Crippen molar-refractivity contribution in [2.24, 2.45) is 28.8 Å². The number of esters is 1. The minimum atomic E-state index is -2.58. The van der Waals surface area contributed by atoms with Crippen molar-refractivity contribution in [1.29, 1.82) is 0 Å². The van der Waals surface area contributed by atoms with Crippen molar-refractivity contribution >= 4 is 69.4 Å². The van der Waals surface area contributed by atoms with Gasteiger partial charge in [-0.25, -0.2) is 8.78 Å². The van der Waals surface area contributed by atoms with Crippen molar-refractivity contribution in [3.63, 3.8) is 0 Å². The van der Waals surface area contributed by atoms with Crippen LogP contribution in [0.2, 0.25) is 0 Å². The van der Waals surface area contributed by atoms with E-state index in [1.54, 1.807) is 44.7 Å². The number of aromatic hydroxyl groups is 3. The maximum atomic E-state index is 15.0. The lowest BCUT2D eigenvalue weighted by atomic mass is 9.78. The van der Waals surface area contributed by atoms with Crippen LogP contribution in [0.1, 0.15) is 88.6 Å². The topological polar surface area (TPSA) is 307 Å². The van der Waals surface area contributed by atoms with E-state index in [1.807, 2.05) is 0 Å². The molecule has 4 amide bonds. The molecule has 9 N–H and O–H groups in total. The summed E-state index contributed by atoms with van der Waals surface area (Å²) in [6.07, 6.45) is 1.24. The molecule has 5 aromatic rings. The molecule has 0 aliphatic carbocycles. The van der Waals surface area contributed by atoms with Gasteiger partial charge in [-0.1, -0.05) is 88.4 Å². The zero-order chi connectivity index (χ0) is 67.3. The molecule has 4 aliphatic heterocycles. The molecule has 24 heteroatoms. The second kappa shape index (κ2) is 28.4. The Morgan fingerprint density at radius 3 is 2.26 bits per heavy atom. The number of hydrazone groups is 1. The highest BCUT2D eigenvalue weighted by Gasteiger charge is 2.50. The van der Waals surface area contributed by atoms with E-state index in [1.165, 1.54) is 106 Å². The van der Waals surface area contributed by atoms with Gasteiger partial charge in [0.2, 0.25) is 11.8 Å². The molecule has 5 bridgehead atoms. The van der Waals surface area contributed by atoms with E-state index < -0.39 is 165 Å². The number of Topliss-reactive ketones (excluding diaryl/α,β-unsaturated/α-hetero) is 1. The standard InChI is InChI=1S/C66H75F2N7O15/c1-34-16-15-17-35(2)63(84)73-54-44(58(81)51-52(59(54)82)57(80)39(6)61-53(51)62(83)66(8,90-61)88-29-24-49(87-9)36(3)60(89-40(7)76)38(5)56(79)37(4)55(34)78)32-69-70-33-50(77)75-27-25-74(26-28-75)48-23-22-42(67)31-46(48)71-65(86)47(30-41-18-11-10-12-19-41)72-64(85)43-20-13-14-21-45(43)68/h10-24,29,31-32,34,36-38,47,49,55-56,60,70,78-82H,25-28,30,33H2,1-9H3,(H,71,86)(H,72,85)(H,73,84)/b16-15+,29-24+,35-17-,69-32?/t34-,36+,37+,38+,47?,49-,55-,56+,60+,66-/m0/s1/i30D2. The SMILES string of the molecule is [2H]C([2H])(c1ccccc1)C(NC(=O)c1ccccc1F)C(=O)Nc1cc(F)ccc1N1CCN(C(=O)CNN=Cc2c3c(O)c4c(O)c(C)c5c(c4c2O)C(=O)[C@@](C)(O/C=C/[C@H](OC)[C@@H](C)[C@@H](OC(C)=O)[C@H](C)[C@H](O)[C@H](C)[C@@H](O)[C@@H](C)/C=C/C=C(/C)C(=O)N3)O5)CC1. The van der Waals surface area contributed by atoms with E-state index in [2.05, 4.69) is 26.5 Å². The molecule has 0 aromatic heterocycles. The molecule has 0 radical (unpaired) electrons. The lowest BCUT2D eigenvalue weighted by Crippen LogP contribution is -2.51. The van der Waals surface area contributed by atoms with Crippen LogP contribution in [0.4, 0.5) is 25.8 Å². The highest BCUT2D eigenvalue weighted by molar-refractivity contribution is 6.24. The summed E-state index contributed by atoms with van der Waals surface area (Å²) in [6, 6.07) is 14.1. The third kappa shape index (κ3) is 14.4. The molecule has 9 rings (SSSR count). The number of ketones is 1. The first kappa shape index (κ1) is 63.6. The molecule has 1 unspecified atom stereocenters. The average Bonchev–Trinajstić information content (AvgIpc) is 1.44. The molecule has 478 valence electrons. The fraction of sp³-hybridized carbons (Fsp3) is 0.379. The van der Waals surface area contributed by atoms with Crippen LogP contribution in [0.5, 0.6) is 23.0 Å². The molecule has 22 nitrogen and oxygen atoms in total. The van der Waals surface area contributed by atoms with E-state index in [0.29, 0.717) is 0 Å². The number of carbonyl (C=O) groups excluding carboxylic acids is 6. The van der Waals surface area contributed by atoms with Crippen molar-refractivity contribution in [1.82, 2.24) is 15.6 Å². The van der Waals surface area contributed by atoms with Crippen molar-refractivity contribution in [2.45, 2.75) is 98.0 Å². The van der Waals surface area contributed by atoms with Crippen LogP contribution in [0.15, 0.2) is 114 Å². The number of aliphatic hydroxyl groups is 2. The lowest BCUT2D eigenvalue weighted by molar-refractivity contribution is -0.160. The summed E-state index contributed by atoms with van der Waals surface area (Å²) in [4.78, 5) is 85.9. The van der Waals surface area contributed by atoms with Crippen LogP contribution in [-0.2, 0) is 39.8 Å². The Kier molecular flexibility index (Phi) is 20.1. The summed E-state index contributed by atoms with van der Waals surface area (Å²) >= 11 is 0. The van der Waals surface area contributed by atoms with Gasteiger partial charge in [-0.2, -0.15) is 5.10 Å². The Bertz CT molecular complexity index is 3790. The molecule has 4 aliphatic rings. The number of methoxy groups -OCH3 is 1. The van der Waals surface area contributed by atoms with Gasteiger partial charge in [0.1, 0.15) is 47.6 Å². The number of phenolic OH excluding ortho intramolecular Hbond substituents is 3. The number of nitrogens with one attached hydrogen (secondary N) is 4. The molecule has 1 fully saturated rings. The number of piperazine rings is 1. The summed E-state index contributed by atoms with van der Waals surface area (Å²) in [5.74, 6) is -14.2. The minimum Gasteiger partial charge on any atom is -0.507 e. The predicted octanol–water partition coefficient (Wildman–Crippen LogP) is 7.28. The van der Waals surface area contributed by atoms with Crippen molar-refractivity contribution < 1.29 is 84.8 Å². The Morgan fingerprint density at radius 1 is 0.889 bits per heavy atom. The van der Waals surface area contributed by atoms with Gasteiger partial charge in [0, 0.05) is 96.4 Å². The number of carbonyl (C=O) groups is 6. The van der Waals surface area contributed by atoms with Crippen molar-refractivity contribution in [2.75, 3.05) is 55.4 Å². The number of allylic oxidation sites excluding steroid dienone is 2. The van der Waals surface area contributed by atoms with Gasteiger partial charge in [0.25, 0.3) is 17.6 Å². The fourth-order valence-electron chi connectivity index (χ4n) is 11.2. The second-order valence-electron chi connectivity index (χ2n) is 22.6. The number of aliphatic hydroxyl groups excluding tert-OH is 2. The minimum absolute atomic E-state index is 0.0128. The van der Waals surface area contributed by atoms with Crippen LogP contribution >= 0.6 is 0 Å². The number of hydrogen-bond donors (Lipinski definition) is 9. The molecule has 4 heterocycles. The van der Waals surface area contributed by atoms with Crippen LogP contribution in [0, 0.1) is 42.2 Å². The number of fused-ring (bicyclic) bond motifs is 14. The lowest BCUT2D eigenvalue weighted by Gasteiger charge is -2.38. The van der Waals surface area contributed by atoms with Crippen LogP contribution < -0.4 is 31.0 Å². The first-order valence-corrected chi connectivity index (χ1v) is 29.1. The molecular weight excluding hydrogens is 1170 g/mol. The van der Waals surface area contributed by atoms with Crippen LogP contribution in [0.25, 0.3) is 10.8 Å². The van der Waals surface area contributed by atoms with Gasteiger partial charge < -0.3 is 75.7 Å². The Hall–Kier alpha value is -9.39. The summed E-state index contributed by atoms with van der Waals surface area (Å²) in [6.45, 7) is 12.0. The number of ether oxygens (including phenoxy) is 4. The monoisotopic (exact) mass is 1250 g/mol. The quantitative estimate of drug-likeness (QED) is 0.0184. The van der Waals surface area contributed by atoms with E-state index in [-0.39, 0.29) is 65.6 Å². The largest absolute Gasteiger partial charge is 0.507 e. The maximum absolute atomic E-state index is 15.0. The zero-order valence-corrected chi connectivity index (χ0v) is 51.0. The van der Waals surface area contributed by atoms with Gasteiger partial charge in [0.05, 0.1) is 69.9 Å². The van der Waals surface area contributed by atoms with E-state index in [0.717, 1.165) is 30.7 Å². The smallest absolute Gasteiger partial charge is 0.312 e.